The lowest BCUT2D eigenvalue weighted by Gasteiger charge is -2.25. The third-order valence-electron chi connectivity index (χ3n) is 5.30. The second-order valence-corrected chi connectivity index (χ2v) is 10.7. The van der Waals surface area contributed by atoms with Crippen LogP contribution in [0.25, 0.3) is 0 Å². The number of fused-ring (bicyclic) bond motifs is 2. The minimum absolute atomic E-state index is 0.0428. The summed E-state index contributed by atoms with van der Waals surface area (Å²) in [4.78, 5) is 13.2. The van der Waals surface area contributed by atoms with Gasteiger partial charge in [0.25, 0.3) is 0 Å². The Bertz CT molecular complexity index is 992. The molecule has 2 aromatic rings. The molecule has 1 aromatic heterocycles. The van der Waals surface area contributed by atoms with E-state index in [0.717, 1.165) is 49.1 Å². The Hall–Kier alpha value is -1.61. The van der Waals surface area contributed by atoms with Crippen LogP contribution in [0.3, 0.4) is 0 Å². The molecule has 4 rings (SSSR count). The number of urea groups is 1. The fourth-order valence-electron chi connectivity index (χ4n) is 3.79. The number of carbonyl (C=O) groups is 1. The normalized spacial score (nSPS) is 16.5. The minimum Gasteiger partial charge on any atom is -0.385 e. The molecule has 28 heavy (non-hydrogen) atoms. The summed E-state index contributed by atoms with van der Waals surface area (Å²) < 4.78 is 18.9. The van der Waals surface area contributed by atoms with Crippen LogP contribution in [0.4, 0.5) is 14.9 Å². The lowest BCUT2D eigenvalue weighted by atomic mass is 9.83. The van der Waals surface area contributed by atoms with Crippen LogP contribution in [0.2, 0.25) is 0 Å². The van der Waals surface area contributed by atoms with Gasteiger partial charge in [0.15, 0.2) is 0 Å². The maximum atomic E-state index is 14.4. The van der Waals surface area contributed by atoms with Crippen LogP contribution in [0.15, 0.2) is 20.7 Å². The highest BCUT2D eigenvalue weighted by Gasteiger charge is 2.27. The van der Waals surface area contributed by atoms with Crippen molar-refractivity contribution >= 4 is 33.7 Å². The van der Waals surface area contributed by atoms with Crippen molar-refractivity contribution in [2.75, 3.05) is 11.2 Å². The van der Waals surface area contributed by atoms with Gasteiger partial charge in [0.1, 0.15) is 10.0 Å². The smallest absolute Gasteiger partial charge is 0.351 e. The van der Waals surface area contributed by atoms with Crippen molar-refractivity contribution in [3.63, 3.8) is 0 Å². The molecule has 8 heteroatoms. The second-order valence-electron chi connectivity index (χ2n) is 7.74. The number of nitrogens with zero attached hydrogens (tertiary/aromatic N) is 1. The standard InChI is InChI=1S/C20H24FN3O2S2/c1-20(2,26)16-9-15(21)18(27-16)28(10-22)24-19(25)23-17-13-5-3-4-11(13)8-12-6-7-14(12)17/h8-9,26H,3-7,10,22H2,1-2H3,(H,23,25). The molecule has 0 aliphatic heterocycles. The van der Waals surface area contributed by atoms with Crippen LogP contribution in [-0.4, -0.2) is 17.0 Å². The molecule has 2 amide bonds. The minimum atomic E-state index is -1.15. The molecule has 1 unspecified atom stereocenters. The van der Waals surface area contributed by atoms with Gasteiger partial charge in [-0.15, -0.1) is 11.3 Å². The molecule has 0 spiro atoms. The van der Waals surface area contributed by atoms with Crippen LogP contribution in [-0.2, 0) is 42.0 Å². The van der Waals surface area contributed by atoms with Gasteiger partial charge < -0.3 is 16.2 Å². The van der Waals surface area contributed by atoms with E-state index in [1.807, 2.05) is 0 Å². The van der Waals surface area contributed by atoms with Crippen molar-refractivity contribution in [3.8, 4) is 0 Å². The average molecular weight is 422 g/mol. The van der Waals surface area contributed by atoms with Crippen molar-refractivity contribution in [1.29, 1.82) is 0 Å². The Balaban J connectivity index is 1.63. The van der Waals surface area contributed by atoms with E-state index in [2.05, 4.69) is 15.7 Å². The third-order valence-corrected chi connectivity index (χ3v) is 8.67. The van der Waals surface area contributed by atoms with Crippen molar-refractivity contribution in [3.05, 3.63) is 45.1 Å². The van der Waals surface area contributed by atoms with Crippen molar-refractivity contribution in [1.82, 2.24) is 0 Å². The molecule has 150 valence electrons. The number of aliphatic hydroxyl groups is 1. The number of hydrogen-bond donors (Lipinski definition) is 3. The lowest BCUT2D eigenvalue weighted by Crippen LogP contribution is -2.19. The maximum absolute atomic E-state index is 14.4. The number of thiophene rings is 1. The Labute approximate surface area is 170 Å². The Kier molecular flexibility index (Phi) is 5.16. The predicted octanol–water partition coefficient (Wildman–Crippen LogP) is 4.01. The molecule has 4 N–H and O–H groups in total. The third kappa shape index (κ3) is 3.54. The van der Waals surface area contributed by atoms with Gasteiger partial charge in [-0.05, 0) is 85.0 Å². The van der Waals surface area contributed by atoms with Gasteiger partial charge in [0.2, 0.25) is 0 Å². The maximum Gasteiger partial charge on any atom is 0.351 e. The summed E-state index contributed by atoms with van der Waals surface area (Å²) >= 11 is 1.12. The Morgan fingerprint density at radius 2 is 2.00 bits per heavy atom. The zero-order valence-electron chi connectivity index (χ0n) is 16.0. The molecule has 0 saturated heterocycles. The van der Waals surface area contributed by atoms with Crippen molar-refractivity contribution in [2.24, 2.45) is 10.1 Å². The summed E-state index contributed by atoms with van der Waals surface area (Å²) in [6.07, 6.45) is 5.14. The molecule has 0 fully saturated rings. The van der Waals surface area contributed by atoms with Crippen LogP contribution in [0, 0.1) is 5.82 Å². The second kappa shape index (κ2) is 7.33. The monoisotopic (exact) mass is 421 g/mol. The van der Waals surface area contributed by atoms with Crippen LogP contribution in [0.5, 0.6) is 0 Å². The molecule has 2 aliphatic rings. The molecule has 2 aliphatic carbocycles. The first-order valence-corrected chi connectivity index (χ1v) is 11.6. The number of benzene rings is 1. The van der Waals surface area contributed by atoms with Crippen molar-refractivity contribution in [2.45, 2.75) is 55.8 Å². The summed E-state index contributed by atoms with van der Waals surface area (Å²) in [5, 5.41) is 13.1. The number of halogens is 1. The van der Waals surface area contributed by atoms with E-state index in [0.29, 0.717) is 9.09 Å². The molecule has 0 saturated carbocycles. The number of rotatable bonds is 4. The van der Waals surface area contributed by atoms with Gasteiger partial charge in [-0.25, -0.2) is 9.18 Å². The van der Waals surface area contributed by atoms with Crippen molar-refractivity contribution < 1.29 is 14.3 Å². The van der Waals surface area contributed by atoms with Gasteiger partial charge in [-0.3, -0.25) is 0 Å². The summed E-state index contributed by atoms with van der Waals surface area (Å²) in [6.45, 7) is 3.19. The number of amides is 2. The number of carbonyl (C=O) groups excluding carboxylic acids is 1. The zero-order valence-corrected chi connectivity index (χ0v) is 17.6. The fourth-order valence-corrected chi connectivity index (χ4v) is 6.37. The first kappa shape index (κ1) is 19.7. The number of aryl methyl sites for hydroxylation is 2. The van der Waals surface area contributed by atoms with E-state index in [1.54, 1.807) is 13.8 Å². The molecular formula is C20H24FN3O2S2. The molecule has 1 heterocycles. The number of hydrogen-bond acceptors (Lipinski definition) is 4. The van der Waals surface area contributed by atoms with E-state index in [1.165, 1.54) is 28.3 Å². The summed E-state index contributed by atoms with van der Waals surface area (Å²) in [6, 6.07) is 3.09. The Morgan fingerprint density at radius 3 is 2.61 bits per heavy atom. The zero-order chi connectivity index (χ0) is 20.1. The van der Waals surface area contributed by atoms with Crippen LogP contribution < -0.4 is 11.1 Å². The van der Waals surface area contributed by atoms with Gasteiger partial charge in [0.05, 0.1) is 11.5 Å². The van der Waals surface area contributed by atoms with Crippen LogP contribution >= 0.6 is 11.3 Å². The number of nitrogens with one attached hydrogen (secondary N) is 1. The van der Waals surface area contributed by atoms with E-state index in [9.17, 15) is 14.3 Å². The highest BCUT2D eigenvalue weighted by molar-refractivity contribution is 7.89. The van der Waals surface area contributed by atoms with Crippen LogP contribution in [0.1, 0.15) is 47.4 Å². The average Bonchev–Trinajstić information content (AvgIpc) is 3.21. The highest BCUT2D eigenvalue weighted by atomic mass is 32.2. The number of nitrogens with two attached hydrogens (primary N) is 1. The summed E-state index contributed by atoms with van der Waals surface area (Å²) in [5.41, 5.74) is 10.6. The molecule has 5 nitrogen and oxygen atoms in total. The van der Waals surface area contributed by atoms with E-state index in [4.69, 9.17) is 5.73 Å². The first-order valence-electron chi connectivity index (χ1n) is 9.40. The SMILES string of the molecule is CC(C)(O)c1cc(F)c(/S(CN)=N/C(=O)Nc2c3c(cc4c2CC4)CCC3)s1. The van der Waals surface area contributed by atoms with E-state index < -0.39 is 28.1 Å². The molecule has 0 radical (unpaired) electrons. The quantitative estimate of drug-likeness (QED) is 0.697. The number of anilines is 1. The van der Waals surface area contributed by atoms with E-state index >= 15 is 0 Å². The van der Waals surface area contributed by atoms with Gasteiger partial charge in [0, 0.05) is 10.6 Å². The first-order chi connectivity index (χ1) is 13.3. The topological polar surface area (TPSA) is 87.7 Å². The molecule has 1 atom stereocenters. The highest BCUT2D eigenvalue weighted by Crippen LogP contribution is 2.40. The van der Waals surface area contributed by atoms with Gasteiger partial charge >= 0.3 is 6.03 Å². The largest absolute Gasteiger partial charge is 0.385 e. The predicted molar refractivity (Wildman–Crippen MR) is 112 cm³/mol. The van der Waals surface area contributed by atoms with E-state index in [-0.39, 0.29) is 5.88 Å². The summed E-state index contributed by atoms with van der Waals surface area (Å²) in [7, 11) is -1.09. The van der Waals surface area contributed by atoms with Gasteiger partial charge in [-0.2, -0.15) is 4.36 Å². The molecule has 1 aromatic carbocycles. The molecule has 0 bridgehead atoms. The fraction of sp³-hybridized carbons (Fsp3) is 0.450. The lowest BCUT2D eigenvalue weighted by molar-refractivity contribution is 0.0823. The van der Waals surface area contributed by atoms with Gasteiger partial charge in [-0.1, -0.05) is 6.07 Å². The Morgan fingerprint density at radius 1 is 1.29 bits per heavy atom. The molecular weight excluding hydrogens is 397 g/mol. The summed E-state index contributed by atoms with van der Waals surface area (Å²) in [5.74, 6) is -0.432.